The highest BCUT2D eigenvalue weighted by molar-refractivity contribution is 5.43. The molecule has 5 heteroatoms. The second-order valence-corrected chi connectivity index (χ2v) is 2.84. The summed E-state index contributed by atoms with van der Waals surface area (Å²) in [4.78, 5) is 0. The van der Waals surface area contributed by atoms with Crippen LogP contribution in [0.15, 0.2) is 12.1 Å². The number of aliphatic hydroxyl groups is 1. The highest BCUT2D eigenvalue weighted by atomic mass is 19.1. The first-order valence-corrected chi connectivity index (χ1v) is 4.03. The van der Waals surface area contributed by atoms with Crippen molar-refractivity contribution in [1.82, 2.24) is 0 Å². The van der Waals surface area contributed by atoms with E-state index >= 15 is 0 Å². The summed E-state index contributed by atoms with van der Waals surface area (Å²) in [5.74, 6) is -1.37. The lowest BCUT2D eigenvalue weighted by atomic mass is 10.1. The molecule has 4 nitrogen and oxygen atoms in total. The Balaban J connectivity index is 3.16. The average Bonchev–Trinajstić information content (AvgIpc) is 2.20. The number of halogens is 1. The Kier molecular flexibility index (Phi) is 3.27. The third-order valence-corrected chi connectivity index (χ3v) is 1.90. The smallest absolute Gasteiger partial charge is 0.194 e. The van der Waals surface area contributed by atoms with Crippen LogP contribution in [0.3, 0.4) is 0 Å². The van der Waals surface area contributed by atoms with Crippen molar-refractivity contribution < 1.29 is 19.3 Å². The van der Waals surface area contributed by atoms with Gasteiger partial charge in [0, 0.05) is 0 Å². The lowest BCUT2D eigenvalue weighted by molar-refractivity contribution is 0.267. The molecule has 0 saturated heterocycles. The zero-order chi connectivity index (χ0) is 10.7. The number of hydrogen-bond donors (Lipinski definition) is 3. The van der Waals surface area contributed by atoms with Crippen LogP contribution in [0.4, 0.5) is 4.39 Å². The Labute approximate surface area is 80.7 Å². The molecule has 4 N–H and O–H groups in total. The predicted octanol–water partition coefficient (Wildman–Crippen LogP) is 0.532. The molecule has 0 radical (unpaired) electrons. The van der Waals surface area contributed by atoms with Crippen molar-refractivity contribution in [2.45, 2.75) is 6.04 Å². The lowest BCUT2D eigenvalue weighted by Gasteiger charge is -2.11. The van der Waals surface area contributed by atoms with E-state index in [1.165, 1.54) is 13.2 Å². The maximum absolute atomic E-state index is 13.1. The number of hydrogen-bond acceptors (Lipinski definition) is 4. The van der Waals surface area contributed by atoms with Gasteiger partial charge in [-0.2, -0.15) is 0 Å². The van der Waals surface area contributed by atoms with Crippen LogP contribution in [-0.2, 0) is 0 Å². The molecule has 1 rings (SSSR count). The van der Waals surface area contributed by atoms with Gasteiger partial charge >= 0.3 is 0 Å². The first-order chi connectivity index (χ1) is 6.60. The molecule has 0 bridgehead atoms. The van der Waals surface area contributed by atoms with Gasteiger partial charge in [-0.25, -0.2) is 4.39 Å². The predicted molar refractivity (Wildman–Crippen MR) is 48.6 cm³/mol. The van der Waals surface area contributed by atoms with Crippen molar-refractivity contribution in [1.29, 1.82) is 0 Å². The van der Waals surface area contributed by atoms with E-state index in [0.717, 1.165) is 6.07 Å². The quantitative estimate of drug-likeness (QED) is 0.666. The number of ether oxygens (including phenoxy) is 1. The van der Waals surface area contributed by atoms with Crippen LogP contribution in [-0.4, -0.2) is 23.9 Å². The SMILES string of the molecule is COc1cc([C@H](N)CO)cc(F)c1O. The van der Waals surface area contributed by atoms with E-state index in [1.54, 1.807) is 0 Å². The largest absolute Gasteiger partial charge is 0.502 e. The molecule has 0 aromatic heterocycles. The van der Waals surface area contributed by atoms with Gasteiger partial charge in [-0.3, -0.25) is 0 Å². The van der Waals surface area contributed by atoms with Gasteiger partial charge in [0.05, 0.1) is 19.8 Å². The van der Waals surface area contributed by atoms with Gasteiger partial charge in [0.1, 0.15) is 0 Å². The molecule has 0 aliphatic rings. The molecule has 1 aromatic carbocycles. The molecule has 0 aliphatic carbocycles. The fourth-order valence-corrected chi connectivity index (χ4v) is 1.07. The number of phenols is 1. The molecule has 0 fully saturated rings. The molecular formula is C9H12FNO3. The molecule has 0 spiro atoms. The van der Waals surface area contributed by atoms with Crippen LogP contribution in [0.2, 0.25) is 0 Å². The van der Waals surface area contributed by atoms with Crippen molar-refractivity contribution in [3.63, 3.8) is 0 Å². The summed E-state index contributed by atoms with van der Waals surface area (Å²) in [7, 11) is 1.31. The van der Waals surface area contributed by atoms with Crippen LogP contribution < -0.4 is 10.5 Å². The summed E-state index contributed by atoms with van der Waals surface area (Å²) in [6, 6.07) is 1.77. The fourth-order valence-electron chi connectivity index (χ4n) is 1.07. The Morgan fingerprint density at radius 3 is 2.71 bits per heavy atom. The number of nitrogens with two attached hydrogens (primary N) is 1. The summed E-state index contributed by atoms with van der Waals surface area (Å²) >= 11 is 0. The molecule has 78 valence electrons. The van der Waals surface area contributed by atoms with Crippen LogP contribution in [0.25, 0.3) is 0 Å². The Hall–Kier alpha value is -1.33. The Bertz CT molecular complexity index is 330. The maximum Gasteiger partial charge on any atom is 0.194 e. The van der Waals surface area contributed by atoms with E-state index < -0.39 is 17.6 Å². The molecular weight excluding hydrogens is 189 g/mol. The van der Waals surface area contributed by atoms with Crippen LogP contribution in [0.5, 0.6) is 11.5 Å². The number of phenolic OH excluding ortho intramolecular Hbond substituents is 1. The van der Waals surface area contributed by atoms with Gasteiger partial charge in [0.2, 0.25) is 0 Å². The van der Waals surface area contributed by atoms with E-state index in [-0.39, 0.29) is 12.4 Å². The first kappa shape index (κ1) is 10.7. The first-order valence-electron chi connectivity index (χ1n) is 4.03. The van der Waals surface area contributed by atoms with E-state index in [9.17, 15) is 9.50 Å². The van der Waals surface area contributed by atoms with E-state index in [4.69, 9.17) is 15.6 Å². The zero-order valence-corrected chi connectivity index (χ0v) is 7.70. The molecule has 1 atom stereocenters. The number of methoxy groups -OCH3 is 1. The minimum absolute atomic E-state index is 0.00361. The number of aromatic hydroxyl groups is 1. The van der Waals surface area contributed by atoms with Gasteiger partial charge < -0.3 is 20.7 Å². The van der Waals surface area contributed by atoms with Gasteiger partial charge in [-0.05, 0) is 17.7 Å². The molecule has 0 unspecified atom stereocenters. The van der Waals surface area contributed by atoms with E-state index in [0.29, 0.717) is 5.56 Å². The van der Waals surface area contributed by atoms with Crippen LogP contribution in [0, 0.1) is 5.82 Å². The number of aliphatic hydroxyl groups excluding tert-OH is 1. The summed E-state index contributed by atoms with van der Waals surface area (Å²) < 4.78 is 17.8. The van der Waals surface area contributed by atoms with E-state index in [1.807, 2.05) is 0 Å². The topological polar surface area (TPSA) is 75.7 Å². The minimum Gasteiger partial charge on any atom is -0.502 e. The van der Waals surface area contributed by atoms with Crippen molar-refractivity contribution >= 4 is 0 Å². The third-order valence-electron chi connectivity index (χ3n) is 1.90. The van der Waals surface area contributed by atoms with Gasteiger partial charge in [-0.1, -0.05) is 0 Å². The molecule has 14 heavy (non-hydrogen) atoms. The summed E-state index contributed by atoms with van der Waals surface area (Å²) in [5, 5.41) is 17.9. The highest BCUT2D eigenvalue weighted by Crippen LogP contribution is 2.31. The Morgan fingerprint density at radius 2 is 2.21 bits per heavy atom. The normalized spacial score (nSPS) is 12.6. The third kappa shape index (κ3) is 1.94. The summed E-state index contributed by atoms with van der Waals surface area (Å²) in [6.07, 6.45) is 0. The number of rotatable bonds is 3. The fraction of sp³-hybridized carbons (Fsp3) is 0.333. The minimum atomic E-state index is -0.816. The molecule has 0 saturated carbocycles. The monoisotopic (exact) mass is 201 g/mol. The maximum atomic E-state index is 13.1. The van der Waals surface area contributed by atoms with Crippen molar-refractivity contribution in [2.75, 3.05) is 13.7 Å². The van der Waals surface area contributed by atoms with Crippen molar-refractivity contribution in [3.8, 4) is 11.5 Å². The Morgan fingerprint density at radius 1 is 1.57 bits per heavy atom. The van der Waals surface area contributed by atoms with Crippen LogP contribution in [0.1, 0.15) is 11.6 Å². The molecule has 0 aliphatic heterocycles. The average molecular weight is 201 g/mol. The number of benzene rings is 1. The lowest BCUT2D eigenvalue weighted by Crippen LogP contribution is -2.14. The molecule has 0 amide bonds. The van der Waals surface area contributed by atoms with Gasteiger partial charge in [0.25, 0.3) is 0 Å². The zero-order valence-electron chi connectivity index (χ0n) is 7.70. The summed E-state index contributed by atoms with van der Waals surface area (Å²) in [6.45, 7) is -0.298. The van der Waals surface area contributed by atoms with Crippen molar-refractivity contribution in [2.24, 2.45) is 5.73 Å². The highest BCUT2D eigenvalue weighted by Gasteiger charge is 2.13. The molecule has 1 aromatic rings. The standard InChI is InChI=1S/C9H12FNO3/c1-14-8-3-5(7(11)4-12)2-6(10)9(8)13/h2-3,7,12-13H,4,11H2,1H3/t7-/m1/s1. The van der Waals surface area contributed by atoms with Crippen LogP contribution >= 0.6 is 0 Å². The van der Waals surface area contributed by atoms with E-state index in [2.05, 4.69) is 0 Å². The second kappa shape index (κ2) is 4.26. The van der Waals surface area contributed by atoms with Crippen molar-refractivity contribution in [3.05, 3.63) is 23.5 Å². The molecule has 0 heterocycles. The van der Waals surface area contributed by atoms with Gasteiger partial charge in [-0.15, -0.1) is 0 Å². The summed E-state index contributed by atoms with van der Waals surface area (Å²) in [5.41, 5.74) is 5.86. The second-order valence-electron chi connectivity index (χ2n) is 2.84. The van der Waals surface area contributed by atoms with Gasteiger partial charge in [0.15, 0.2) is 17.3 Å².